The lowest BCUT2D eigenvalue weighted by molar-refractivity contribution is 0.205. The number of rotatable bonds is 5. The van der Waals surface area contributed by atoms with E-state index >= 15 is 0 Å². The Balaban J connectivity index is 1.38. The van der Waals surface area contributed by atoms with E-state index in [4.69, 9.17) is 0 Å². The molecule has 5 nitrogen and oxygen atoms in total. The summed E-state index contributed by atoms with van der Waals surface area (Å²) < 4.78 is 23.9. The highest BCUT2D eigenvalue weighted by molar-refractivity contribution is 7.91. The highest BCUT2D eigenvalue weighted by atomic mass is 32.2. The Kier molecular flexibility index (Phi) is 4.43. The van der Waals surface area contributed by atoms with Crippen LogP contribution in [0.15, 0.2) is 0 Å². The molecule has 6 heteroatoms. The molecule has 0 unspecified atom stereocenters. The topological polar surface area (TPSA) is 66.5 Å². The Labute approximate surface area is 127 Å². The fraction of sp³-hybridized carbons (Fsp3) is 0.933. The maximum absolute atomic E-state index is 12.1. The van der Waals surface area contributed by atoms with Crippen molar-refractivity contribution in [3.05, 3.63) is 0 Å². The molecule has 1 N–H and O–H groups in total. The molecule has 1 aliphatic heterocycles. The highest BCUT2D eigenvalue weighted by Crippen LogP contribution is 2.37. The van der Waals surface area contributed by atoms with Crippen molar-refractivity contribution in [2.24, 2.45) is 17.8 Å². The number of nitrogens with zero attached hydrogens (tertiary/aromatic N) is 1. The van der Waals surface area contributed by atoms with Crippen LogP contribution < -0.4 is 5.32 Å². The smallest absolute Gasteiger partial charge is 0.317 e. The van der Waals surface area contributed by atoms with Crippen molar-refractivity contribution in [1.29, 1.82) is 0 Å². The molecule has 0 bridgehead atoms. The number of carbonyl (C=O) groups is 1. The van der Waals surface area contributed by atoms with Crippen molar-refractivity contribution < 1.29 is 13.2 Å². The maximum atomic E-state index is 12.1. The van der Waals surface area contributed by atoms with Crippen LogP contribution in [0.3, 0.4) is 0 Å². The molecule has 2 aliphatic carbocycles. The first-order valence-electron chi connectivity index (χ1n) is 8.27. The van der Waals surface area contributed by atoms with Gasteiger partial charge in [-0.15, -0.1) is 0 Å². The standard InChI is InChI=1S/C15H26N2O3S/c18-15(17-9-13-5-2-6-14(13)10-17)16-7-8-21(19,20)11-12-3-1-4-12/h12-14H,1-11H2,(H,16,18)/t13-,14+. The molecule has 1 saturated heterocycles. The van der Waals surface area contributed by atoms with E-state index in [-0.39, 0.29) is 18.3 Å². The third-order valence-corrected chi connectivity index (χ3v) is 7.22. The van der Waals surface area contributed by atoms with Crippen molar-refractivity contribution >= 4 is 15.9 Å². The van der Waals surface area contributed by atoms with Crippen molar-refractivity contribution in [1.82, 2.24) is 10.2 Å². The lowest BCUT2D eigenvalue weighted by Gasteiger charge is -2.25. The van der Waals surface area contributed by atoms with E-state index in [9.17, 15) is 13.2 Å². The van der Waals surface area contributed by atoms with Crippen LogP contribution in [0.4, 0.5) is 4.79 Å². The van der Waals surface area contributed by atoms with Gasteiger partial charge in [-0.25, -0.2) is 13.2 Å². The molecule has 3 fully saturated rings. The molecule has 2 amide bonds. The number of nitrogens with one attached hydrogen (secondary N) is 1. The normalized spacial score (nSPS) is 29.2. The molecule has 1 heterocycles. The van der Waals surface area contributed by atoms with Crippen LogP contribution in [0.1, 0.15) is 38.5 Å². The molecule has 0 aromatic heterocycles. The molecule has 0 aromatic rings. The minimum Gasteiger partial charge on any atom is -0.337 e. The van der Waals surface area contributed by atoms with Crippen molar-refractivity contribution in [2.75, 3.05) is 31.1 Å². The summed E-state index contributed by atoms with van der Waals surface area (Å²) >= 11 is 0. The van der Waals surface area contributed by atoms with Gasteiger partial charge in [0.05, 0.1) is 11.5 Å². The maximum Gasteiger partial charge on any atom is 0.317 e. The van der Waals surface area contributed by atoms with Gasteiger partial charge in [-0.2, -0.15) is 0 Å². The van der Waals surface area contributed by atoms with Gasteiger partial charge in [0.25, 0.3) is 0 Å². The van der Waals surface area contributed by atoms with Crippen LogP contribution in [0.2, 0.25) is 0 Å². The van der Waals surface area contributed by atoms with E-state index in [1.165, 1.54) is 19.3 Å². The van der Waals surface area contributed by atoms with Gasteiger partial charge in [-0.05, 0) is 43.4 Å². The number of amides is 2. The van der Waals surface area contributed by atoms with Crippen LogP contribution in [-0.2, 0) is 9.84 Å². The minimum atomic E-state index is -3.01. The number of hydrogen-bond acceptors (Lipinski definition) is 3. The minimum absolute atomic E-state index is 0.0793. The van der Waals surface area contributed by atoms with E-state index < -0.39 is 9.84 Å². The first kappa shape index (κ1) is 15.1. The van der Waals surface area contributed by atoms with Crippen molar-refractivity contribution in [3.63, 3.8) is 0 Å². The van der Waals surface area contributed by atoms with Crippen LogP contribution >= 0.6 is 0 Å². The van der Waals surface area contributed by atoms with Crippen LogP contribution in [0.25, 0.3) is 0 Å². The average Bonchev–Trinajstić information content (AvgIpc) is 2.94. The zero-order valence-corrected chi connectivity index (χ0v) is 13.4. The first-order valence-corrected chi connectivity index (χ1v) is 10.1. The third kappa shape index (κ3) is 3.71. The summed E-state index contributed by atoms with van der Waals surface area (Å²) in [5, 5.41) is 2.79. The number of hydrogen-bond donors (Lipinski definition) is 1. The number of carbonyl (C=O) groups excluding carboxylic acids is 1. The Hall–Kier alpha value is -0.780. The largest absolute Gasteiger partial charge is 0.337 e. The van der Waals surface area contributed by atoms with E-state index in [1.54, 1.807) is 0 Å². The molecule has 2 saturated carbocycles. The Bertz CT molecular complexity index is 475. The number of sulfone groups is 1. The summed E-state index contributed by atoms with van der Waals surface area (Å²) in [5.41, 5.74) is 0. The van der Waals surface area contributed by atoms with E-state index in [0.29, 0.717) is 23.5 Å². The average molecular weight is 314 g/mol. The van der Waals surface area contributed by atoms with Crippen LogP contribution in [0.5, 0.6) is 0 Å². The van der Waals surface area contributed by atoms with E-state index in [0.717, 1.165) is 32.4 Å². The molecule has 3 aliphatic rings. The van der Waals surface area contributed by atoms with Gasteiger partial charge >= 0.3 is 6.03 Å². The summed E-state index contributed by atoms with van der Waals surface area (Å²) in [4.78, 5) is 13.9. The van der Waals surface area contributed by atoms with E-state index in [1.807, 2.05) is 4.90 Å². The first-order chi connectivity index (χ1) is 10.0. The second kappa shape index (κ2) is 6.15. The van der Waals surface area contributed by atoms with Gasteiger partial charge in [0.2, 0.25) is 0 Å². The Morgan fingerprint density at radius 3 is 2.24 bits per heavy atom. The number of fused-ring (bicyclic) bond motifs is 1. The molecule has 120 valence electrons. The predicted molar refractivity (Wildman–Crippen MR) is 81.8 cm³/mol. The summed E-state index contributed by atoms with van der Waals surface area (Å²) in [7, 11) is -3.01. The summed E-state index contributed by atoms with van der Waals surface area (Å²) in [6.45, 7) is 1.95. The number of urea groups is 1. The van der Waals surface area contributed by atoms with Crippen LogP contribution in [-0.4, -0.2) is 50.5 Å². The fourth-order valence-corrected chi connectivity index (χ4v) is 5.56. The molecule has 0 aromatic carbocycles. The Morgan fingerprint density at radius 1 is 1.05 bits per heavy atom. The molecular formula is C15H26N2O3S. The zero-order valence-electron chi connectivity index (χ0n) is 12.6. The monoisotopic (exact) mass is 314 g/mol. The van der Waals surface area contributed by atoms with Gasteiger partial charge in [-0.1, -0.05) is 12.8 Å². The molecule has 21 heavy (non-hydrogen) atoms. The summed E-state index contributed by atoms with van der Waals surface area (Å²) in [5.74, 6) is 2.10. The van der Waals surface area contributed by atoms with E-state index in [2.05, 4.69) is 5.32 Å². The molecule has 0 spiro atoms. The number of likely N-dealkylation sites (tertiary alicyclic amines) is 1. The second-order valence-electron chi connectivity index (χ2n) is 7.00. The second-order valence-corrected chi connectivity index (χ2v) is 9.23. The highest BCUT2D eigenvalue weighted by Gasteiger charge is 2.37. The fourth-order valence-electron chi connectivity index (χ4n) is 3.93. The third-order valence-electron chi connectivity index (χ3n) is 5.42. The molecular weight excluding hydrogens is 288 g/mol. The molecule has 2 atom stereocenters. The molecule has 0 radical (unpaired) electrons. The summed E-state index contributed by atoms with van der Waals surface area (Å²) in [6.07, 6.45) is 7.02. The predicted octanol–water partition coefficient (Wildman–Crippen LogP) is 1.64. The van der Waals surface area contributed by atoms with Gasteiger partial charge in [0, 0.05) is 19.6 Å². The quantitative estimate of drug-likeness (QED) is 0.839. The van der Waals surface area contributed by atoms with Crippen molar-refractivity contribution in [2.45, 2.75) is 38.5 Å². The Morgan fingerprint density at radius 2 is 1.67 bits per heavy atom. The van der Waals surface area contributed by atoms with Gasteiger partial charge in [0.15, 0.2) is 9.84 Å². The lowest BCUT2D eigenvalue weighted by Crippen LogP contribution is -2.41. The SMILES string of the molecule is O=C(NCCS(=O)(=O)CC1CCC1)N1C[C@H]2CCC[C@H]2C1. The van der Waals surface area contributed by atoms with Crippen LogP contribution in [0, 0.1) is 17.8 Å². The van der Waals surface area contributed by atoms with Gasteiger partial charge in [-0.3, -0.25) is 0 Å². The van der Waals surface area contributed by atoms with Crippen molar-refractivity contribution in [3.8, 4) is 0 Å². The molecule has 3 rings (SSSR count). The summed E-state index contributed by atoms with van der Waals surface area (Å²) in [6, 6.07) is -0.0803. The lowest BCUT2D eigenvalue weighted by atomic mass is 9.87. The zero-order chi connectivity index (χ0) is 14.9. The van der Waals surface area contributed by atoms with Gasteiger partial charge < -0.3 is 10.2 Å². The van der Waals surface area contributed by atoms with Gasteiger partial charge in [0.1, 0.15) is 0 Å².